The SMILES string of the molecule is O=C1C(Br)CCCN1Cc1cccc(C(F)(F)F)c1. The molecule has 0 N–H and O–H groups in total. The zero-order valence-electron chi connectivity index (χ0n) is 10.1. The second-order valence-electron chi connectivity index (χ2n) is 4.57. The van der Waals surface area contributed by atoms with Crippen LogP contribution < -0.4 is 0 Å². The summed E-state index contributed by atoms with van der Waals surface area (Å²) in [6.07, 6.45) is -2.71. The second-order valence-corrected chi connectivity index (χ2v) is 5.67. The first-order valence-electron chi connectivity index (χ1n) is 5.97. The average Bonchev–Trinajstić information content (AvgIpc) is 2.34. The Hall–Kier alpha value is -1.04. The molecule has 6 heteroatoms. The number of nitrogens with zero attached hydrogens (tertiary/aromatic N) is 1. The smallest absolute Gasteiger partial charge is 0.337 e. The highest BCUT2D eigenvalue weighted by atomic mass is 79.9. The van der Waals surface area contributed by atoms with Crippen LogP contribution in [-0.4, -0.2) is 22.2 Å². The Kier molecular flexibility index (Phi) is 4.18. The first-order valence-corrected chi connectivity index (χ1v) is 6.88. The van der Waals surface area contributed by atoms with Crippen molar-refractivity contribution < 1.29 is 18.0 Å². The van der Waals surface area contributed by atoms with Gasteiger partial charge in [0.15, 0.2) is 0 Å². The van der Waals surface area contributed by atoms with E-state index >= 15 is 0 Å². The summed E-state index contributed by atoms with van der Waals surface area (Å²) >= 11 is 3.28. The largest absolute Gasteiger partial charge is 0.416 e. The first-order chi connectivity index (χ1) is 8.88. The number of benzene rings is 1. The Morgan fingerprint density at radius 1 is 1.37 bits per heavy atom. The molecule has 2 rings (SSSR count). The summed E-state index contributed by atoms with van der Waals surface area (Å²) in [5.41, 5.74) is -0.172. The Balaban J connectivity index is 2.13. The van der Waals surface area contributed by atoms with Gasteiger partial charge in [-0.2, -0.15) is 13.2 Å². The fraction of sp³-hybridized carbons (Fsp3) is 0.462. The van der Waals surface area contributed by atoms with E-state index in [2.05, 4.69) is 15.9 Å². The quantitative estimate of drug-likeness (QED) is 0.756. The van der Waals surface area contributed by atoms with Crippen molar-refractivity contribution in [1.29, 1.82) is 0 Å². The number of carbonyl (C=O) groups excluding carboxylic acids is 1. The van der Waals surface area contributed by atoms with E-state index in [-0.39, 0.29) is 17.3 Å². The molecule has 0 aliphatic carbocycles. The standard InChI is InChI=1S/C13H13BrF3NO/c14-11-5-2-6-18(12(11)19)8-9-3-1-4-10(7-9)13(15,16)17/h1,3-4,7,11H,2,5-6,8H2. The maximum Gasteiger partial charge on any atom is 0.416 e. The number of carbonyl (C=O) groups is 1. The summed E-state index contributed by atoms with van der Waals surface area (Å²) in [6, 6.07) is 5.12. The van der Waals surface area contributed by atoms with Gasteiger partial charge in [0, 0.05) is 13.1 Å². The van der Waals surface area contributed by atoms with Gasteiger partial charge in [0.2, 0.25) is 5.91 Å². The van der Waals surface area contributed by atoms with Gasteiger partial charge >= 0.3 is 6.18 Å². The first kappa shape index (κ1) is 14.4. The Labute approximate surface area is 117 Å². The van der Waals surface area contributed by atoms with Crippen LogP contribution in [0.1, 0.15) is 24.0 Å². The highest BCUT2D eigenvalue weighted by Gasteiger charge is 2.31. The number of alkyl halides is 4. The van der Waals surface area contributed by atoms with Crippen molar-refractivity contribution in [3.8, 4) is 0 Å². The fourth-order valence-corrected chi connectivity index (χ4v) is 2.73. The number of halogens is 4. The number of piperidine rings is 1. The van der Waals surface area contributed by atoms with E-state index in [9.17, 15) is 18.0 Å². The molecule has 0 aromatic heterocycles. The monoisotopic (exact) mass is 335 g/mol. The molecule has 1 aliphatic rings. The van der Waals surface area contributed by atoms with E-state index in [4.69, 9.17) is 0 Å². The van der Waals surface area contributed by atoms with Crippen molar-refractivity contribution in [3.63, 3.8) is 0 Å². The van der Waals surface area contributed by atoms with Crippen LogP contribution in [0.25, 0.3) is 0 Å². The van der Waals surface area contributed by atoms with Crippen LogP contribution in [0.4, 0.5) is 13.2 Å². The maximum atomic E-state index is 12.6. The van der Waals surface area contributed by atoms with Crippen molar-refractivity contribution in [2.45, 2.75) is 30.4 Å². The van der Waals surface area contributed by atoms with Crippen molar-refractivity contribution in [3.05, 3.63) is 35.4 Å². The molecule has 1 aromatic carbocycles. The van der Waals surface area contributed by atoms with Gasteiger partial charge in [-0.15, -0.1) is 0 Å². The third kappa shape index (κ3) is 3.49. The lowest BCUT2D eigenvalue weighted by molar-refractivity contribution is -0.137. The molecule has 2 nitrogen and oxygen atoms in total. The normalized spacial score (nSPS) is 20.7. The summed E-state index contributed by atoms with van der Waals surface area (Å²) in [5, 5.41) is 0. The summed E-state index contributed by atoms with van der Waals surface area (Å²) in [4.78, 5) is 13.2. The van der Waals surface area contributed by atoms with Crippen LogP contribution >= 0.6 is 15.9 Å². The average molecular weight is 336 g/mol. The van der Waals surface area contributed by atoms with E-state index < -0.39 is 11.7 Å². The van der Waals surface area contributed by atoms with Crippen LogP contribution in [0.5, 0.6) is 0 Å². The van der Waals surface area contributed by atoms with E-state index in [0.717, 1.165) is 25.0 Å². The Morgan fingerprint density at radius 3 is 2.79 bits per heavy atom. The fourth-order valence-electron chi connectivity index (χ4n) is 2.12. The Morgan fingerprint density at radius 2 is 2.11 bits per heavy atom. The number of amides is 1. The van der Waals surface area contributed by atoms with Crippen molar-refractivity contribution in [2.24, 2.45) is 0 Å². The van der Waals surface area contributed by atoms with E-state index in [0.29, 0.717) is 12.1 Å². The number of rotatable bonds is 2. The van der Waals surface area contributed by atoms with Crippen molar-refractivity contribution in [2.75, 3.05) is 6.54 Å². The third-order valence-electron chi connectivity index (χ3n) is 3.09. The molecule has 1 unspecified atom stereocenters. The molecule has 104 valence electrons. The summed E-state index contributed by atoms with van der Waals surface area (Å²) < 4.78 is 37.8. The van der Waals surface area contributed by atoms with Crippen LogP contribution in [-0.2, 0) is 17.5 Å². The predicted octanol–water partition coefficient (Wildman–Crippen LogP) is 3.59. The van der Waals surface area contributed by atoms with Gasteiger partial charge < -0.3 is 4.90 Å². The van der Waals surface area contributed by atoms with Gasteiger partial charge in [-0.05, 0) is 30.5 Å². The van der Waals surface area contributed by atoms with Gasteiger partial charge in [0.05, 0.1) is 10.4 Å². The maximum absolute atomic E-state index is 12.6. The van der Waals surface area contributed by atoms with Crippen LogP contribution in [0, 0.1) is 0 Å². The molecule has 1 aliphatic heterocycles. The van der Waals surface area contributed by atoms with Gasteiger partial charge in [-0.1, -0.05) is 28.1 Å². The van der Waals surface area contributed by atoms with E-state index in [1.807, 2.05) is 0 Å². The number of hydrogen-bond donors (Lipinski definition) is 0. The molecular formula is C13H13BrF3NO. The van der Waals surface area contributed by atoms with Crippen LogP contribution in [0.2, 0.25) is 0 Å². The van der Waals surface area contributed by atoms with Gasteiger partial charge in [-0.3, -0.25) is 4.79 Å². The molecule has 1 fully saturated rings. The van der Waals surface area contributed by atoms with E-state index in [1.54, 1.807) is 11.0 Å². The molecule has 0 bridgehead atoms. The highest BCUT2D eigenvalue weighted by molar-refractivity contribution is 9.10. The van der Waals surface area contributed by atoms with Gasteiger partial charge in [0.1, 0.15) is 0 Å². The van der Waals surface area contributed by atoms with Crippen LogP contribution in [0.3, 0.4) is 0 Å². The van der Waals surface area contributed by atoms with Crippen molar-refractivity contribution in [1.82, 2.24) is 4.90 Å². The molecule has 0 spiro atoms. The highest BCUT2D eigenvalue weighted by Crippen LogP contribution is 2.30. The molecule has 1 amide bonds. The second kappa shape index (κ2) is 5.53. The number of hydrogen-bond acceptors (Lipinski definition) is 1. The molecule has 1 aromatic rings. The zero-order chi connectivity index (χ0) is 14.0. The van der Waals surface area contributed by atoms with Gasteiger partial charge in [-0.25, -0.2) is 0 Å². The summed E-state index contributed by atoms with van der Waals surface area (Å²) in [7, 11) is 0. The minimum absolute atomic E-state index is 0.0522. The molecule has 1 heterocycles. The van der Waals surface area contributed by atoms with Crippen LogP contribution in [0.15, 0.2) is 24.3 Å². The molecule has 1 atom stereocenters. The predicted molar refractivity (Wildman–Crippen MR) is 68.8 cm³/mol. The summed E-state index contributed by atoms with van der Waals surface area (Å²) in [5.74, 6) is -0.0522. The lowest BCUT2D eigenvalue weighted by atomic mass is 10.1. The molecule has 1 saturated heterocycles. The topological polar surface area (TPSA) is 20.3 Å². The minimum Gasteiger partial charge on any atom is -0.337 e. The van der Waals surface area contributed by atoms with Crippen molar-refractivity contribution >= 4 is 21.8 Å². The molecule has 19 heavy (non-hydrogen) atoms. The molecular weight excluding hydrogens is 323 g/mol. The van der Waals surface area contributed by atoms with Gasteiger partial charge in [0.25, 0.3) is 0 Å². The molecule has 0 radical (unpaired) electrons. The van der Waals surface area contributed by atoms with E-state index in [1.165, 1.54) is 6.07 Å². The minimum atomic E-state index is -4.35. The Bertz CT molecular complexity index is 475. The lowest BCUT2D eigenvalue weighted by Gasteiger charge is -2.30. The lowest BCUT2D eigenvalue weighted by Crippen LogP contribution is -2.41. The number of likely N-dealkylation sites (tertiary alicyclic amines) is 1. The molecule has 0 saturated carbocycles. The zero-order valence-corrected chi connectivity index (χ0v) is 11.7. The third-order valence-corrected chi connectivity index (χ3v) is 3.94. The summed E-state index contributed by atoms with van der Waals surface area (Å²) in [6.45, 7) is 0.821.